The van der Waals surface area contributed by atoms with Crippen LogP contribution in [0.5, 0.6) is 5.75 Å². The van der Waals surface area contributed by atoms with Crippen LogP contribution in [0.3, 0.4) is 0 Å². The molecule has 2 aromatic heterocycles. The summed E-state index contributed by atoms with van der Waals surface area (Å²) in [6.07, 6.45) is 1.93. The number of nitrogens with zero attached hydrogens (tertiary/aromatic N) is 2. The minimum atomic E-state index is 0. The summed E-state index contributed by atoms with van der Waals surface area (Å²) in [6, 6.07) is 16.1. The van der Waals surface area contributed by atoms with E-state index < -0.39 is 0 Å². The third-order valence-electron chi connectivity index (χ3n) is 3.89. The van der Waals surface area contributed by atoms with Gasteiger partial charge in [-0.1, -0.05) is 30.3 Å². The number of hydrogen-bond acceptors (Lipinski definition) is 4. The lowest BCUT2D eigenvalue weighted by atomic mass is 10.1. The SMILES string of the molecule is Cl.NC(N)=Nc1nc(-c2c[nH]c3ccc(OCc4ccccc4)cc23)cs1. The normalized spacial score (nSPS) is 10.4. The Morgan fingerprint density at radius 3 is 2.74 bits per heavy atom. The van der Waals surface area contributed by atoms with Gasteiger partial charge in [0.05, 0.1) is 5.69 Å². The second-order valence-corrected chi connectivity index (χ2v) is 6.57. The van der Waals surface area contributed by atoms with E-state index in [1.807, 2.05) is 60.1 Å². The average Bonchev–Trinajstić information content (AvgIpc) is 3.26. The molecule has 0 bridgehead atoms. The van der Waals surface area contributed by atoms with Gasteiger partial charge < -0.3 is 21.2 Å². The number of aliphatic imine (C=N–C) groups is 1. The molecule has 4 aromatic rings. The van der Waals surface area contributed by atoms with Gasteiger partial charge in [-0.15, -0.1) is 23.7 Å². The number of rotatable bonds is 5. The fourth-order valence-corrected chi connectivity index (χ4v) is 3.40. The van der Waals surface area contributed by atoms with Gasteiger partial charge in [-0.25, -0.2) is 4.98 Å². The van der Waals surface area contributed by atoms with Gasteiger partial charge in [0.2, 0.25) is 5.13 Å². The molecular formula is C19H18ClN5OS. The fraction of sp³-hybridized carbons (Fsp3) is 0.0526. The minimum absolute atomic E-state index is 0. The van der Waals surface area contributed by atoms with E-state index in [1.165, 1.54) is 11.3 Å². The van der Waals surface area contributed by atoms with Crippen molar-refractivity contribution in [2.45, 2.75) is 6.61 Å². The molecule has 0 unspecified atom stereocenters. The lowest BCUT2D eigenvalue weighted by molar-refractivity contribution is 0.306. The molecule has 2 heterocycles. The van der Waals surface area contributed by atoms with E-state index in [0.29, 0.717) is 11.7 Å². The van der Waals surface area contributed by atoms with Crippen LogP contribution in [0, 0.1) is 0 Å². The second kappa shape index (κ2) is 8.11. The molecule has 0 aliphatic rings. The lowest BCUT2D eigenvalue weighted by Crippen LogP contribution is -2.21. The van der Waals surface area contributed by atoms with Crippen molar-refractivity contribution in [1.29, 1.82) is 0 Å². The van der Waals surface area contributed by atoms with Crippen molar-refractivity contribution in [2.24, 2.45) is 16.5 Å². The highest BCUT2D eigenvalue weighted by Crippen LogP contribution is 2.33. The average molecular weight is 400 g/mol. The van der Waals surface area contributed by atoms with Gasteiger partial charge in [0.15, 0.2) is 5.96 Å². The highest BCUT2D eigenvalue weighted by Gasteiger charge is 2.11. The predicted octanol–water partition coefficient (Wildman–Crippen LogP) is 4.20. The summed E-state index contributed by atoms with van der Waals surface area (Å²) in [5.74, 6) is 0.809. The van der Waals surface area contributed by atoms with Crippen molar-refractivity contribution in [2.75, 3.05) is 0 Å². The first-order valence-electron chi connectivity index (χ1n) is 8.02. The number of H-pyrrole nitrogens is 1. The number of guanidine groups is 1. The summed E-state index contributed by atoms with van der Waals surface area (Å²) in [5.41, 5.74) is 14.8. The fourth-order valence-electron chi connectivity index (χ4n) is 2.69. The first kappa shape index (κ1) is 18.8. The van der Waals surface area contributed by atoms with Crippen molar-refractivity contribution in [3.63, 3.8) is 0 Å². The molecule has 0 aliphatic carbocycles. The summed E-state index contributed by atoms with van der Waals surface area (Å²) in [6.45, 7) is 0.525. The van der Waals surface area contributed by atoms with Gasteiger partial charge in [-0.05, 0) is 23.8 Å². The number of aromatic nitrogens is 2. The van der Waals surface area contributed by atoms with E-state index in [2.05, 4.69) is 15.0 Å². The van der Waals surface area contributed by atoms with E-state index >= 15 is 0 Å². The largest absolute Gasteiger partial charge is 0.489 e. The third-order valence-corrected chi connectivity index (χ3v) is 4.63. The van der Waals surface area contributed by atoms with Crippen LogP contribution < -0.4 is 16.2 Å². The molecule has 0 saturated carbocycles. The minimum Gasteiger partial charge on any atom is -0.489 e. The smallest absolute Gasteiger partial charge is 0.212 e. The Morgan fingerprint density at radius 2 is 1.96 bits per heavy atom. The third kappa shape index (κ3) is 4.21. The maximum absolute atomic E-state index is 5.93. The molecule has 4 rings (SSSR count). The molecule has 0 radical (unpaired) electrons. The number of hydrogen-bond donors (Lipinski definition) is 3. The molecule has 5 N–H and O–H groups in total. The topological polar surface area (TPSA) is 102 Å². The second-order valence-electron chi connectivity index (χ2n) is 5.74. The number of nitrogens with two attached hydrogens (primary N) is 2. The van der Waals surface area contributed by atoms with Crippen LogP contribution in [0.4, 0.5) is 5.13 Å². The summed E-state index contributed by atoms with van der Waals surface area (Å²) in [4.78, 5) is 11.7. The molecule has 8 heteroatoms. The van der Waals surface area contributed by atoms with Crippen LogP contribution in [0.1, 0.15) is 5.56 Å². The Bertz CT molecular complexity index is 1070. The molecular weight excluding hydrogens is 382 g/mol. The standard InChI is InChI=1S/C19H17N5OS.ClH/c20-18(21)24-19-23-17(11-26-19)15-9-22-16-7-6-13(8-14(15)16)25-10-12-4-2-1-3-5-12;/h1-9,11,22H,10H2,(H4,20,21,23,24);1H. The van der Waals surface area contributed by atoms with Gasteiger partial charge in [0.1, 0.15) is 12.4 Å². The van der Waals surface area contributed by atoms with Crippen molar-refractivity contribution < 1.29 is 4.74 Å². The number of fused-ring (bicyclic) bond motifs is 1. The summed E-state index contributed by atoms with van der Waals surface area (Å²) >= 11 is 1.39. The van der Waals surface area contributed by atoms with Crippen LogP contribution in [-0.4, -0.2) is 15.9 Å². The van der Waals surface area contributed by atoms with E-state index in [-0.39, 0.29) is 18.4 Å². The Morgan fingerprint density at radius 1 is 1.15 bits per heavy atom. The zero-order chi connectivity index (χ0) is 17.9. The van der Waals surface area contributed by atoms with Crippen molar-refractivity contribution >= 4 is 45.7 Å². The number of nitrogens with one attached hydrogen (secondary N) is 1. The molecule has 2 aromatic carbocycles. The summed E-state index contributed by atoms with van der Waals surface area (Å²) in [7, 11) is 0. The molecule has 0 fully saturated rings. The van der Waals surface area contributed by atoms with E-state index in [0.717, 1.165) is 33.5 Å². The molecule has 0 amide bonds. The van der Waals surface area contributed by atoms with E-state index in [4.69, 9.17) is 16.2 Å². The van der Waals surface area contributed by atoms with Gasteiger partial charge in [-0.3, -0.25) is 0 Å². The first-order valence-corrected chi connectivity index (χ1v) is 8.90. The van der Waals surface area contributed by atoms with Gasteiger partial charge in [0, 0.05) is 28.0 Å². The predicted molar refractivity (Wildman–Crippen MR) is 113 cm³/mol. The lowest BCUT2D eigenvalue weighted by Gasteiger charge is -2.06. The Hall–Kier alpha value is -3.03. The Balaban J connectivity index is 0.00000210. The maximum atomic E-state index is 5.93. The number of ether oxygens (including phenoxy) is 1. The molecule has 0 saturated heterocycles. The molecule has 0 spiro atoms. The quantitative estimate of drug-likeness (QED) is 0.345. The van der Waals surface area contributed by atoms with Crippen LogP contribution in [0.25, 0.3) is 22.2 Å². The molecule has 6 nitrogen and oxygen atoms in total. The first-order chi connectivity index (χ1) is 12.7. The zero-order valence-electron chi connectivity index (χ0n) is 14.3. The summed E-state index contributed by atoms with van der Waals surface area (Å²) < 4.78 is 5.93. The number of thiazole rings is 1. The van der Waals surface area contributed by atoms with Gasteiger partial charge in [-0.2, -0.15) is 4.99 Å². The molecule has 27 heavy (non-hydrogen) atoms. The van der Waals surface area contributed by atoms with Gasteiger partial charge >= 0.3 is 0 Å². The van der Waals surface area contributed by atoms with Crippen LogP contribution >= 0.6 is 23.7 Å². The number of aromatic amines is 1. The molecule has 0 atom stereocenters. The molecule has 138 valence electrons. The van der Waals surface area contributed by atoms with Crippen LogP contribution in [-0.2, 0) is 6.61 Å². The van der Waals surface area contributed by atoms with E-state index in [9.17, 15) is 0 Å². The maximum Gasteiger partial charge on any atom is 0.212 e. The number of halogens is 1. The van der Waals surface area contributed by atoms with Crippen molar-refractivity contribution in [1.82, 2.24) is 9.97 Å². The zero-order valence-corrected chi connectivity index (χ0v) is 15.9. The monoisotopic (exact) mass is 399 g/mol. The molecule has 0 aliphatic heterocycles. The van der Waals surface area contributed by atoms with Crippen LogP contribution in [0.15, 0.2) is 65.1 Å². The van der Waals surface area contributed by atoms with Gasteiger partial charge in [0.25, 0.3) is 0 Å². The Labute approximate surface area is 166 Å². The highest BCUT2D eigenvalue weighted by molar-refractivity contribution is 7.13. The van der Waals surface area contributed by atoms with E-state index in [1.54, 1.807) is 0 Å². The van der Waals surface area contributed by atoms with Crippen molar-refractivity contribution in [3.05, 3.63) is 65.7 Å². The number of benzene rings is 2. The summed E-state index contributed by atoms with van der Waals surface area (Å²) in [5, 5.41) is 3.50. The Kier molecular flexibility index (Phi) is 5.63. The highest BCUT2D eigenvalue weighted by atomic mass is 35.5. The van der Waals surface area contributed by atoms with Crippen molar-refractivity contribution in [3.8, 4) is 17.0 Å². The van der Waals surface area contributed by atoms with Crippen LogP contribution in [0.2, 0.25) is 0 Å².